The summed E-state index contributed by atoms with van der Waals surface area (Å²) in [6.07, 6.45) is 0.935. The molecule has 0 heterocycles. The maximum Gasteiger partial charge on any atom is 0.185 e. The summed E-state index contributed by atoms with van der Waals surface area (Å²) < 4.78 is 0. The number of carbonyl (C=O) groups excluding carboxylic acids is 1. The summed E-state index contributed by atoms with van der Waals surface area (Å²) in [7, 11) is 0. The van der Waals surface area contributed by atoms with Crippen LogP contribution in [0.4, 0.5) is 0 Å². The molecule has 0 saturated carbocycles. The van der Waals surface area contributed by atoms with Gasteiger partial charge in [0.05, 0.1) is 0 Å². The molecule has 0 saturated heterocycles. The minimum atomic E-state index is 0.179. The minimum absolute atomic E-state index is 0.179. The lowest BCUT2D eigenvalue weighted by Crippen LogP contribution is -2.00. The molecular formula is C5H11NOS. The van der Waals surface area contributed by atoms with E-state index in [9.17, 15) is 4.79 Å². The van der Waals surface area contributed by atoms with Crippen molar-refractivity contribution in [2.24, 2.45) is 5.73 Å². The molecule has 3 heteroatoms. The summed E-state index contributed by atoms with van der Waals surface area (Å²) in [6, 6.07) is 0. The molecule has 0 aromatic carbocycles. The fraction of sp³-hybridized carbons (Fsp3) is 0.800. The van der Waals surface area contributed by atoms with E-state index in [0.717, 1.165) is 12.2 Å². The van der Waals surface area contributed by atoms with Gasteiger partial charge < -0.3 is 5.73 Å². The second-order valence-electron chi connectivity index (χ2n) is 1.48. The molecular weight excluding hydrogens is 122 g/mol. The molecule has 0 atom stereocenters. The summed E-state index contributed by atoms with van der Waals surface area (Å²) in [5.74, 6) is 0.867. The molecule has 0 rings (SSSR count). The van der Waals surface area contributed by atoms with E-state index in [-0.39, 0.29) is 5.12 Å². The normalized spacial score (nSPS) is 9.25. The van der Waals surface area contributed by atoms with Crippen LogP contribution in [-0.4, -0.2) is 17.4 Å². The maximum atomic E-state index is 10.2. The number of rotatable bonds is 3. The van der Waals surface area contributed by atoms with Crippen LogP contribution in [0.1, 0.15) is 13.3 Å². The molecule has 0 spiro atoms. The second kappa shape index (κ2) is 5.12. The fourth-order valence-electron chi connectivity index (χ4n) is 0.299. The van der Waals surface area contributed by atoms with Gasteiger partial charge in [-0.25, -0.2) is 0 Å². The zero-order valence-corrected chi connectivity index (χ0v) is 5.83. The van der Waals surface area contributed by atoms with Crippen molar-refractivity contribution >= 4 is 16.9 Å². The van der Waals surface area contributed by atoms with Gasteiger partial charge in [-0.3, -0.25) is 4.79 Å². The maximum absolute atomic E-state index is 10.2. The van der Waals surface area contributed by atoms with Gasteiger partial charge in [0.25, 0.3) is 0 Å². The molecule has 0 aliphatic carbocycles. The highest BCUT2D eigenvalue weighted by molar-refractivity contribution is 8.13. The largest absolute Gasteiger partial charge is 0.330 e. The third-order valence-electron chi connectivity index (χ3n) is 0.654. The van der Waals surface area contributed by atoms with E-state index in [2.05, 4.69) is 0 Å². The van der Waals surface area contributed by atoms with Crippen molar-refractivity contribution in [2.45, 2.75) is 13.3 Å². The van der Waals surface area contributed by atoms with Crippen molar-refractivity contribution in [3.05, 3.63) is 0 Å². The predicted molar refractivity (Wildman–Crippen MR) is 36.8 cm³/mol. The summed E-state index contributed by atoms with van der Waals surface area (Å²) >= 11 is 1.34. The Morgan fingerprint density at radius 3 is 2.75 bits per heavy atom. The highest BCUT2D eigenvalue weighted by atomic mass is 32.2. The van der Waals surface area contributed by atoms with Crippen LogP contribution in [0.15, 0.2) is 0 Å². The smallest absolute Gasteiger partial charge is 0.185 e. The van der Waals surface area contributed by atoms with Crippen LogP contribution >= 0.6 is 11.8 Å². The summed E-state index contributed by atoms with van der Waals surface area (Å²) in [6.45, 7) is 2.25. The lowest BCUT2D eigenvalue weighted by Gasteiger charge is -1.90. The average molecular weight is 133 g/mol. The van der Waals surface area contributed by atoms with Crippen molar-refractivity contribution in [2.75, 3.05) is 12.3 Å². The van der Waals surface area contributed by atoms with E-state index >= 15 is 0 Å². The molecule has 0 radical (unpaired) electrons. The number of hydrogen-bond donors (Lipinski definition) is 1. The van der Waals surface area contributed by atoms with Gasteiger partial charge in [0.1, 0.15) is 0 Å². The first-order valence-electron chi connectivity index (χ1n) is 2.61. The van der Waals surface area contributed by atoms with Gasteiger partial charge in [-0.15, -0.1) is 0 Å². The van der Waals surface area contributed by atoms with E-state index in [1.807, 2.05) is 0 Å². The van der Waals surface area contributed by atoms with Crippen molar-refractivity contribution in [1.29, 1.82) is 0 Å². The first-order valence-corrected chi connectivity index (χ1v) is 3.59. The lowest BCUT2D eigenvalue weighted by atomic mass is 10.5. The Hall–Kier alpha value is -0.0200. The molecule has 0 fully saturated rings. The van der Waals surface area contributed by atoms with Gasteiger partial charge in [-0.1, -0.05) is 11.8 Å². The quantitative estimate of drug-likeness (QED) is 0.574. The minimum Gasteiger partial charge on any atom is -0.330 e. The van der Waals surface area contributed by atoms with E-state index in [1.165, 1.54) is 11.8 Å². The third-order valence-corrected chi connectivity index (χ3v) is 1.55. The van der Waals surface area contributed by atoms with E-state index in [4.69, 9.17) is 5.73 Å². The van der Waals surface area contributed by atoms with Gasteiger partial charge in [-0.2, -0.15) is 0 Å². The van der Waals surface area contributed by atoms with Crippen LogP contribution in [0.25, 0.3) is 0 Å². The van der Waals surface area contributed by atoms with Crippen molar-refractivity contribution in [3.63, 3.8) is 0 Å². The molecule has 0 bridgehead atoms. The topological polar surface area (TPSA) is 43.1 Å². The summed E-state index contributed by atoms with van der Waals surface area (Å²) in [5, 5.41) is 0.179. The third kappa shape index (κ3) is 5.98. The average Bonchev–Trinajstić information content (AvgIpc) is 1.66. The monoisotopic (exact) mass is 133 g/mol. The SMILES string of the molecule is CC(=O)SCCCN. The molecule has 0 amide bonds. The highest BCUT2D eigenvalue weighted by Gasteiger charge is 1.90. The van der Waals surface area contributed by atoms with Crippen LogP contribution in [0.2, 0.25) is 0 Å². The summed E-state index contributed by atoms with van der Waals surface area (Å²) in [5.41, 5.74) is 5.19. The Bertz CT molecular complexity index is 74.8. The fourth-order valence-corrected chi connectivity index (χ4v) is 0.898. The van der Waals surface area contributed by atoms with E-state index < -0.39 is 0 Å². The first-order chi connectivity index (χ1) is 3.77. The number of carbonyl (C=O) groups is 1. The van der Waals surface area contributed by atoms with Crippen LogP contribution in [0.3, 0.4) is 0 Å². The number of nitrogens with two attached hydrogens (primary N) is 1. The van der Waals surface area contributed by atoms with Crippen molar-refractivity contribution < 1.29 is 4.79 Å². The van der Waals surface area contributed by atoms with Crippen LogP contribution < -0.4 is 5.73 Å². The predicted octanol–water partition coefficient (Wildman–Crippen LogP) is 0.615. The summed E-state index contributed by atoms with van der Waals surface area (Å²) in [4.78, 5) is 10.2. The van der Waals surface area contributed by atoms with Gasteiger partial charge in [0.15, 0.2) is 5.12 Å². The Labute approximate surface area is 53.8 Å². The molecule has 48 valence electrons. The van der Waals surface area contributed by atoms with Crippen LogP contribution in [0, 0.1) is 0 Å². The zero-order valence-electron chi connectivity index (χ0n) is 5.02. The van der Waals surface area contributed by atoms with Gasteiger partial charge in [-0.05, 0) is 13.0 Å². The van der Waals surface area contributed by atoms with Crippen molar-refractivity contribution in [1.82, 2.24) is 0 Å². The zero-order chi connectivity index (χ0) is 6.41. The Kier molecular flexibility index (Phi) is 5.11. The Balaban J connectivity index is 2.82. The van der Waals surface area contributed by atoms with E-state index in [0.29, 0.717) is 6.54 Å². The van der Waals surface area contributed by atoms with Crippen molar-refractivity contribution in [3.8, 4) is 0 Å². The van der Waals surface area contributed by atoms with Gasteiger partial charge in [0.2, 0.25) is 0 Å². The van der Waals surface area contributed by atoms with Crippen LogP contribution in [0.5, 0.6) is 0 Å². The number of hydrogen-bond acceptors (Lipinski definition) is 3. The molecule has 0 unspecified atom stereocenters. The highest BCUT2D eigenvalue weighted by Crippen LogP contribution is 2.00. The molecule has 0 aromatic heterocycles. The Morgan fingerprint density at radius 1 is 1.75 bits per heavy atom. The van der Waals surface area contributed by atoms with Crippen LogP contribution in [-0.2, 0) is 4.79 Å². The number of thioether (sulfide) groups is 1. The molecule has 2 N–H and O–H groups in total. The van der Waals surface area contributed by atoms with Gasteiger partial charge in [0, 0.05) is 12.7 Å². The van der Waals surface area contributed by atoms with Gasteiger partial charge >= 0.3 is 0 Å². The lowest BCUT2D eigenvalue weighted by molar-refractivity contribution is -0.109. The van der Waals surface area contributed by atoms with E-state index in [1.54, 1.807) is 6.92 Å². The first kappa shape index (κ1) is 7.98. The Morgan fingerprint density at radius 2 is 2.38 bits per heavy atom. The molecule has 2 nitrogen and oxygen atoms in total. The second-order valence-corrected chi connectivity index (χ2v) is 2.75. The standard InChI is InChI=1S/C5H11NOS/c1-5(7)8-4-2-3-6/h2-4,6H2,1H3. The molecule has 8 heavy (non-hydrogen) atoms. The molecule has 0 aromatic rings. The molecule has 0 aliphatic rings. The molecule has 0 aliphatic heterocycles.